The molecular formula is C23H37N5O4. The minimum absolute atomic E-state index is 0.341. The maximum Gasteiger partial charge on any atom is 0.412 e. The number of nitrogens with one attached hydrogen (secondary N) is 2. The summed E-state index contributed by atoms with van der Waals surface area (Å²) in [6, 6.07) is 3.47. The van der Waals surface area contributed by atoms with Gasteiger partial charge in [-0.05, 0) is 40.0 Å². The molecule has 2 amide bonds. The first-order chi connectivity index (χ1) is 15.0. The third-order valence-electron chi connectivity index (χ3n) is 5.16. The van der Waals surface area contributed by atoms with E-state index in [0.717, 1.165) is 45.0 Å². The number of anilines is 3. The van der Waals surface area contributed by atoms with Gasteiger partial charge in [0, 0.05) is 52.4 Å². The van der Waals surface area contributed by atoms with Gasteiger partial charge in [-0.25, -0.2) is 4.79 Å². The molecule has 0 atom stereocenters. The predicted octanol–water partition coefficient (Wildman–Crippen LogP) is 2.85. The van der Waals surface area contributed by atoms with E-state index in [1.165, 1.54) is 13.2 Å². The van der Waals surface area contributed by atoms with Crippen LogP contribution in [0.5, 0.6) is 5.75 Å². The third kappa shape index (κ3) is 7.72. The molecule has 0 unspecified atom stereocenters. The van der Waals surface area contributed by atoms with E-state index in [1.54, 1.807) is 32.9 Å². The van der Waals surface area contributed by atoms with Crippen LogP contribution in [-0.2, 0) is 9.53 Å². The van der Waals surface area contributed by atoms with Gasteiger partial charge in [0.15, 0.2) is 0 Å². The number of ether oxygens (including phenoxy) is 2. The highest BCUT2D eigenvalue weighted by Gasteiger charge is 2.21. The van der Waals surface area contributed by atoms with E-state index < -0.39 is 11.7 Å². The number of rotatable bonds is 8. The van der Waals surface area contributed by atoms with Crippen molar-refractivity contribution < 1.29 is 19.1 Å². The Kier molecular flexibility index (Phi) is 8.91. The number of hydrogen-bond donors (Lipinski definition) is 2. The summed E-state index contributed by atoms with van der Waals surface area (Å²) < 4.78 is 10.9. The van der Waals surface area contributed by atoms with Crippen molar-refractivity contribution in [3.05, 3.63) is 24.8 Å². The van der Waals surface area contributed by atoms with E-state index in [2.05, 4.69) is 39.0 Å². The Labute approximate surface area is 191 Å². The van der Waals surface area contributed by atoms with E-state index in [9.17, 15) is 9.59 Å². The smallest absolute Gasteiger partial charge is 0.412 e. The summed E-state index contributed by atoms with van der Waals surface area (Å²) in [5.74, 6) is 0.126. The van der Waals surface area contributed by atoms with E-state index in [-0.39, 0.29) is 5.91 Å². The van der Waals surface area contributed by atoms with Crippen molar-refractivity contribution >= 4 is 29.1 Å². The van der Waals surface area contributed by atoms with Crippen LogP contribution in [0.15, 0.2) is 24.8 Å². The van der Waals surface area contributed by atoms with E-state index in [4.69, 9.17) is 9.47 Å². The summed E-state index contributed by atoms with van der Waals surface area (Å²) in [5.41, 5.74) is 1.08. The van der Waals surface area contributed by atoms with Crippen LogP contribution in [0.3, 0.4) is 0 Å². The molecule has 0 aliphatic carbocycles. The number of methoxy groups -OCH3 is 1. The molecule has 2 N–H and O–H groups in total. The number of amides is 2. The van der Waals surface area contributed by atoms with Gasteiger partial charge in [-0.2, -0.15) is 0 Å². The Morgan fingerprint density at radius 1 is 1.16 bits per heavy atom. The maximum atomic E-state index is 12.3. The van der Waals surface area contributed by atoms with Gasteiger partial charge in [0.2, 0.25) is 5.91 Å². The molecule has 9 nitrogen and oxygen atoms in total. The van der Waals surface area contributed by atoms with Crippen molar-refractivity contribution in [3.63, 3.8) is 0 Å². The lowest BCUT2D eigenvalue weighted by atomic mass is 10.2. The minimum atomic E-state index is -0.638. The molecule has 9 heteroatoms. The fourth-order valence-corrected chi connectivity index (χ4v) is 3.33. The second-order valence-corrected chi connectivity index (χ2v) is 8.96. The Hall–Kier alpha value is -2.78. The molecule has 1 fully saturated rings. The second kappa shape index (κ2) is 11.2. The van der Waals surface area contributed by atoms with Gasteiger partial charge in [0.25, 0.3) is 0 Å². The standard InChI is InChI=1S/C23H37N5O4/c1-8-21(29)24-17-15-18(25-22(30)32-23(2,3)4)20(31-7)16-19(17)27(6)11-14-28-12-9-26(5)10-13-28/h8,15-16H,1,9-14H2,2-7H3,(H,24,29)(H,25,30). The summed E-state index contributed by atoms with van der Waals surface area (Å²) in [6.45, 7) is 14.8. The Bertz CT molecular complexity index is 813. The molecule has 1 aliphatic heterocycles. The summed E-state index contributed by atoms with van der Waals surface area (Å²) in [6.07, 6.45) is 0.604. The van der Waals surface area contributed by atoms with Crippen LogP contribution in [0, 0.1) is 0 Å². The molecule has 0 aromatic heterocycles. The van der Waals surface area contributed by atoms with Crippen molar-refractivity contribution in [1.82, 2.24) is 9.80 Å². The molecule has 1 aromatic rings. The maximum absolute atomic E-state index is 12.3. The van der Waals surface area contributed by atoms with Crippen molar-refractivity contribution in [2.45, 2.75) is 26.4 Å². The zero-order chi connectivity index (χ0) is 23.9. The van der Waals surface area contributed by atoms with Gasteiger partial charge in [-0.3, -0.25) is 15.0 Å². The number of hydrogen-bond acceptors (Lipinski definition) is 7. The van der Waals surface area contributed by atoms with Crippen LogP contribution in [0.4, 0.5) is 21.9 Å². The second-order valence-electron chi connectivity index (χ2n) is 8.96. The molecule has 0 bridgehead atoms. The number of likely N-dealkylation sites (N-methyl/N-ethyl adjacent to an activating group) is 2. The SMILES string of the molecule is C=CC(=O)Nc1cc(NC(=O)OC(C)(C)C)c(OC)cc1N(C)CCN1CCN(C)CC1. The first-order valence-corrected chi connectivity index (χ1v) is 10.8. The normalized spacial score (nSPS) is 15.1. The third-order valence-corrected chi connectivity index (χ3v) is 5.16. The average Bonchev–Trinajstić information content (AvgIpc) is 2.71. The zero-order valence-corrected chi connectivity index (χ0v) is 20.2. The van der Waals surface area contributed by atoms with Crippen LogP contribution in [0.2, 0.25) is 0 Å². The van der Waals surface area contributed by atoms with Crippen LogP contribution in [0.1, 0.15) is 20.8 Å². The molecule has 2 rings (SSSR count). The highest BCUT2D eigenvalue weighted by Crippen LogP contribution is 2.37. The van der Waals surface area contributed by atoms with Crippen molar-refractivity contribution in [2.24, 2.45) is 0 Å². The van der Waals surface area contributed by atoms with Crippen LogP contribution in [-0.4, -0.2) is 87.9 Å². The van der Waals surface area contributed by atoms with Gasteiger partial charge < -0.3 is 24.6 Å². The summed E-state index contributed by atoms with van der Waals surface area (Å²) in [4.78, 5) is 31.2. The highest BCUT2D eigenvalue weighted by molar-refractivity contribution is 6.02. The molecule has 0 radical (unpaired) electrons. The largest absolute Gasteiger partial charge is 0.494 e. The number of carbonyl (C=O) groups is 2. The van der Waals surface area contributed by atoms with Crippen LogP contribution < -0.4 is 20.3 Å². The quantitative estimate of drug-likeness (QED) is 0.593. The highest BCUT2D eigenvalue weighted by atomic mass is 16.6. The average molecular weight is 448 g/mol. The van der Waals surface area contributed by atoms with E-state index in [0.29, 0.717) is 17.1 Å². The molecule has 178 valence electrons. The Morgan fingerprint density at radius 2 is 1.81 bits per heavy atom. The van der Waals surface area contributed by atoms with Gasteiger partial charge in [-0.1, -0.05) is 6.58 Å². The van der Waals surface area contributed by atoms with Gasteiger partial charge in [0.1, 0.15) is 11.4 Å². The fourth-order valence-electron chi connectivity index (χ4n) is 3.33. The summed E-state index contributed by atoms with van der Waals surface area (Å²) in [7, 11) is 5.64. The monoisotopic (exact) mass is 447 g/mol. The number of benzene rings is 1. The van der Waals surface area contributed by atoms with Gasteiger partial charge >= 0.3 is 6.09 Å². The minimum Gasteiger partial charge on any atom is -0.494 e. The number of piperazine rings is 1. The van der Waals surface area contributed by atoms with E-state index >= 15 is 0 Å². The zero-order valence-electron chi connectivity index (χ0n) is 20.2. The van der Waals surface area contributed by atoms with Gasteiger partial charge in [-0.15, -0.1) is 0 Å². The lowest BCUT2D eigenvalue weighted by Crippen LogP contribution is -2.46. The Morgan fingerprint density at radius 3 is 2.38 bits per heavy atom. The molecule has 1 saturated heterocycles. The van der Waals surface area contributed by atoms with Crippen LogP contribution in [0.25, 0.3) is 0 Å². The predicted molar refractivity (Wildman–Crippen MR) is 129 cm³/mol. The first kappa shape index (κ1) is 25.5. The van der Waals surface area contributed by atoms with Crippen molar-refractivity contribution in [3.8, 4) is 5.75 Å². The molecule has 1 aromatic carbocycles. The molecule has 1 heterocycles. The molecular weight excluding hydrogens is 410 g/mol. The number of nitrogens with zero attached hydrogens (tertiary/aromatic N) is 3. The molecule has 0 saturated carbocycles. The molecule has 1 aliphatic rings. The van der Waals surface area contributed by atoms with Crippen molar-refractivity contribution in [1.29, 1.82) is 0 Å². The van der Waals surface area contributed by atoms with Crippen LogP contribution >= 0.6 is 0 Å². The Balaban J connectivity index is 2.24. The van der Waals surface area contributed by atoms with Gasteiger partial charge in [0.05, 0.1) is 24.2 Å². The molecule has 0 spiro atoms. The summed E-state index contributed by atoms with van der Waals surface area (Å²) >= 11 is 0. The first-order valence-electron chi connectivity index (χ1n) is 10.8. The topological polar surface area (TPSA) is 86.4 Å². The van der Waals surface area contributed by atoms with Crippen molar-refractivity contribution in [2.75, 3.05) is 76.0 Å². The fraction of sp³-hybridized carbons (Fsp3) is 0.565. The lowest BCUT2D eigenvalue weighted by molar-refractivity contribution is -0.111. The molecule has 32 heavy (non-hydrogen) atoms. The summed E-state index contributed by atoms with van der Waals surface area (Å²) in [5, 5.41) is 5.54. The lowest BCUT2D eigenvalue weighted by Gasteiger charge is -2.34. The number of carbonyl (C=O) groups excluding carboxylic acids is 2. The van der Waals surface area contributed by atoms with E-state index in [1.807, 2.05) is 7.05 Å².